The molecule has 16 heavy (non-hydrogen) atoms. The number of rotatable bonds is 5. The van der Waals surface area contributed by atoms with Crippen LogP contribution in [0.1, 0.15) is 20.3 Å². The van der Waals surface area contributed by atoms with Crippen LogP contribution in [0.25, 0.3) is 0 Å². The first-order chi connectivity index (χ1) is 7.41. The third kappa shape index (κ3) is 3.41. The summed E-state index contributed by atoms with van der Waals surface area (Å²) in [7, 11) is 0. The third-order valence-corrected chi connectivity index (χ3v) is 2.59. The van der Waals surface area contributed by atoms with Crippen molar-refractivity contribution in [3.63, 3.8) is 0 Å². The average molecular weight is 232 g/mol. The molecule has 1 amide bonds. The Morgan fingerprint density at radius 2 is 1.94 bits per heavy atom. The SMILES string of the molecule is CC(C)NCC1OC(CC(N)=O)C(O)C1O. The molecule has 6 nitrogen and oxygen atoms in total. The van der Waals surface area contributed by atoms with E-state index in [0.717, 1.165) is 0 Å². The molecule has 1 aliphatic heterocycles. The highest BCUT2D eigenvalue weighted by atomic mass is 16.5. The van der Waals surface area contributed by atoms with E-state index in [0.29, 0.717) is 6.54 Å². The molecule has 94 valence electrons. The second kappa shape index (κ2) is 5.58. The summed E-state index contributed by atoms with van der Waals surface area (Å²) in [6.07, 6.45) is -3.30. The summed E-state index contributed by atoms with van der Waals surface area (Å²) in [5.41, 5.74) is 5.02. The van der Waals surface area contributed by atoms with Crippen molar-refractivity contribution in [2.75, 3.05) is 6.54 Å². The zero-order chi connectivity index (χ0) is 12.3. The van der Waals surface area contributed by atoms with Gasteiger partial charge in [0.15, 0.2) is 0 Å². The first-order valence-electron chi connectivity index (χ1n) is 5.45. The smallest absolute Gasteiger partial charge is 0.220 e. The van der Waals surface area contributed by atoms with Crippen LogP contribution in [-0.4, -0.2) is 53.1 Å². The van der Waals surface area contributed by atoms with Crippen molar-refractivity contribution in [3.8, 4) is 0 Å². The Hall–Kier alpha value is -0.690. The summed E-state index contributed by atoms with van der Waals surface area (Å²) in [4.78, 5) is 10.7. The Labute approximate surface area is 94.8 Å². The molecule has 0 aromatic carbocycles. The van der Waals surface area contributed by atoms with E-state index < -0.39 is 30.3 Å². The minimum Gasteiger partial charge on any atom is -0.388 e. The van der Waals surface area contributed by atoms with Gasteiger partial charge >= 0.3 is 0 Å². The fraction of sp³-hybridized carbons (Fsp3) is 0.900. The number of hydrogen-bond donors (Lipinski definition) is 4. The Balaban J connectivity index is 2.47. The predicted molar refractivity (Wildman–Crippen MR) is 57.6 cm³/mol. The summed E-state index contributed by atoms with van der Waals surface area (Å²) < 4.78 is 5.38. The first-order valence-corrected chi connectivity index (χ1v) is 5.45. The fourth-order valence-corrected chi connectivity index (χ4v) is 1.71. The summed E-state index contributed by atoms with van der Waals surface area (Å²) >= 11 is 0. The number of nitrogens with one attached hydrogen (secondary N) is 1. The van der Waals surface area contributed by atoms with Crippen molar-refractivity contribution in [3.05, 3.63) is 0 Å². The highest BCUT2D eigenvalue weighted by molar-refractivity contribution is 5.74. The Morgan fingerprint density at radius 1 is 1.38 bits per heavy atom. The quantitative estimate of drug-likeness (QED) is 0.454. The van der Waals surface area contributed by atoms with Crippen LogP contribution in [0.4, 0.5) is 0 Å². The number of aliphatic hydroxyl groups is 2. The molecule has 0 aromatic heterocycles. The second-order valence-corrected chi connectivity index (χ2v) is 4.43. The number of carbonyl (C=O) groups excluding carboxylic acids is 1. The van der Waals surface area contributed by atoms with E-state index in [1.807, 2.05) is 13.8 Å². The van der Waals surface area contributed by atoms with Gasteiger partial charge in [0.25, 0.3) is 0 Å². The zero-order valence-electron chi connectivity index (χ0n) is 9.59. The molecule has 0 aliphatic carbocycles. The van der Waals surface area contributed by atoms with Crippen molar-refractivity contribution in [1.82, 2.24) is 5.32 Å². The summed E-state index contributed by atoms with van der Waals surface area (Å²) in [5, 5.41) is 22.4. The first kappa shape index (κ1) is 13.4. The van der Waals surface area contributed by atoms with Crippen molar-refractivity contribution in [2.24, 2.45) is 5.73 Å². The maximum Gasteiger partial charge on any atom is 0.220 e. The molecule has 1 fully saturated rings. The Morgan fingerprint density at radius 3 is 2.44 bits per heavy atom. The van der Waals surface area contributed by atoms with Crippen LogP contribution in [0, 0.1) is 0 Å². The van der Waals surface area contributed by atoms with Crippen LogP contribution < -0.4 is 11.1 Å². The number of ether oxygens (including phenoxy) is 1. The molecule has 0 saturated carbocycles. The van der Waals surface area contributed by atoms with Crippen LogP contribution in [0.15, 0.2) is 0 Å². The van der Waals surface area contributed by atoms with Crippen molar-refractivity contribution < 1.29 is 19.7 Å². The normalized spacial score (nSPS) is 34.6. The van der Waals surface area contributed by atoms with E-state index in [-0.39, 0.29) is 12.5 Å². The Kier molecular flexibility index (Phi) is 4.67. The highest BCUT2D eigenvalue weighted by Crippen LogP contribution is 2.23. The molecule has 1 heterocycles. The van der Waals surface area contributed by atoms with Crippen molar-refractivity contribution >= 4 is 5.91 Å². The van der Waals surface area contributed by atoms with Crippen LogP contribution in [0.2, 0.25) is 0 Å². The molecule has 0 radical (unpaired) electrons. The Bertz CT molecular complexity index is 247. The van der Waals surface area contributed by atoms with Gasteiger partial charge in [-0.3, -0.25) is 4.79 Å². The van der Waals surface area contributed by atoms with Gasteiger partial charge in [0.05, 0.1) is 18.6 Å². The van der Waals surface area contributed by atoms with Gasteiger partial charge < -0.3 is 26.0 Å². The van der Waals surface area contributed by atoms with Gasteiger partial charge in [-0.05, 0) is 0 Å². The van der Waals surface area contributed by atoms with E-state index in [9.17, 15) is 15.0 Å². The summed E-state index contributed by atoms with van der Waals surface area (Å²) in [6.45, 7) is 4.38. The average Bonchev–Trinajstić information content (AvgIpc) is 2.42. The fourth-order valence-electron chi connectivity index (χ4n) is 1.71. The molecule has 5 N–H and O–H groups in total. The lowest BCUT2D eigenvalue weighted by Crippen LogP contribution is -2.40. The number of nitrogens with two attached hydrogens (primary N) is 1. The molecule has 1 rings (SSSR count). The molecule has 1 aliphatic rings. The predicted octanol–water partition coefficient (Wildman–Crippen LogP) is -1.65. The van der Waals surface area contributed by atoms with E-state index in [2.05, 4.69) is 5.32 Å². The lowest BCUT2D eigenvalue weighted by Gasteiger charge is -2.17. The second-order valence-electron chi connectivity index (χ2n) is 4.43. The molecule has 0 aromatic rings. The van der Waals surface area contributed by atoms with Crippen LogP contribution in [-0.2, 0) is 9.53 Å². The molecule has 0 spiro atoms. The molecule has 1 saturated heterocycles. The van der Waals surface area contributed by atoms with Crippen LogP contribution in [0.5, 0.6) is 0 Å². The van der Waals surface area contributed by atoms with Gasteiger partial charge in [-0.25, -0.2) is 0 Å². The highest BCUT2D eigenvalue weighted by Gasteiger charge is 2.42. The number of aliphatic hydroxyl groups excluding tert-OH is 2. The minimum absolute atomic E-state index is 0.0730. The van der Waals surface area contributed by atoms with Gasteiger partial charge in [0, 0.05) is 12.6 Å². The zero-order valence-corrected chi connectivity index (χ0v) is 9.59. The van der Waals surface area contributed by atoms with Crippen molar-refractivity contribution in [2.45, 2.75) is 50.7 Å². The van der Waals surface area contributed by atoms with Crippen molar-refractivity contribution in [1.29, 1.82) is 0 Å². The topological polar surface area (TPSA) is 105 Å². The standard InChI is InChI=1S/C10H20N2O4/c1-5(2)12-4-7-10(15)9(14)6(16-7)3-8(11)13/h5-7,9-10,12,14-15H,3-4H2,1-2H3,(H2,11,13). The van der Waals surface area contributed by atoms with Gasteiger partial charge in [-0.15, -0.1) is 0 Å². The number of hydrogen-bond acceptors (Lipinski definition) is 5. The summed E-state index contributed by atoms with van der Waals surface area (Å²) in [5.74, 6) is -0.547. The van der Waals surface area contributed by atoms with Gasteiger partial charge in [-0.1, -0.05) is 13.8 Å². The van der Waals surface area contributed by atoms with Crippen LogP contribution in [0.3, 0.4) is 0 Å². The summed E-state index contributed by atoms with van der Waals surface area (Å²) in [6, 6.07) is 0.267. The van der Waals surface area contributed by atoms with Gasteiger partial charge in [-0.2, -0.15) is 0 Å². The minimum atomic E-state index is -1.05. The molecule has 4 atom stereocenters. The van der Waals surface area contributed by atoms with E-state index in [4.69, 9.17) is 10.5 Å². The monoisotopic (exact) mass is 232 g/mol. The van der Waals surface area contributed by atoms with Crippen LogP contribution >= 0.6 is 0 Å². The molecular formula is C10H20N2O4. The lowest BCUT2D eigenvalue weighted by atomic mass is 10.1. The molecular weight excluding hydrogens is 212 g/mol. The van der Waals surface area contributed by atoms with Gasteiger partial charge in [0.2, 0.25) is 5.91 Å². The third-order valence-electron chi connectivity index (χ3n) is 2.59. The molecule has 0 bridgehead atoms. The number of primary amides is 1. The maximum atomic E-state index is 10.7. The largest absolute Gasteiger partial charge is 0.388 e. The van der Waals surface area contributed by atoms with E-state index >= 15 is 0 Å². The number of amides is 1. The molecule has 4 unspecified atom stereocenters. The van der Waals surface area contributed by atoms with Gasteiger partial charge in [0.1, 0.15) is 12.2 Å². The lowest BCUT2D eigenvalue weighted by molar-refractivity contribution is -0.121. The van der Waals surface area contributed by atoms with E-state index in [1.165, 1.54) is 0 Å². The maximum absolute atomic E-state index is 10.7. The molecule has 6 heteroatoms. The number of carbonyl (C=O) groups is 1. The van der Waals surface area contributed by atoms with E-state index in [1.54, 1.807) is 0 Å².